The maximum Gasteiger partial charge on any atom is 0.225 e. The van der Waals surface area contributed by atoms with E-state index >= 15 is 0 Å². The third kappa shape index (κ3) is 2.92. The van der Waals surface area contributed by atoms with Gasteiger partial charge in [-0.25, -0.2) is 9.97 Å². The lowest BCUT2D eigenvalue weighted by molar-refractivity contribution is 0.639. The molecule has 0 unspecified atom stereocenters. The Labute approximate surface area is 128 Å². The molecule has 0 radical (unpaired) electrons. The zero-order chi connectivity index (χ0) is 14.7. The predicted molar refractivity (Wildman–Crippen MR) is 86.6 cm³/mol. The summed E-state index contributed by atoms with van der Waals surface area (Å²) in [7, 11) is 0. The monoisotopic (exact) mass is 300 g/mol. The Bertz CT molecular complexity index is 624. The minimum atomic E-state index is 0.333. The van der Waals surface area contributed by atoms with Crippen LogP contribution in [0.3, 0.4) is 0 Å². The quantitative estimate of drug-likeness (QED) is 0.842. The molecule has 0 spiro atoms. The van der Waals surface area contributed by atoms with Crippen LogP contribution in [0.2, 0.25) is 0 Å². The van der Waals surface area contributed by atoms with Crippen molar-refractivity contribution in [3.63, 3.8) is 0 Å². The van der Waals surface area contributed by atoms with E-state index in [4.69, 9.17) is 18.0 Å². The zero-order valence-corrected chi connectivity index (χ0v) is 12.3. The van der Waals surface area contributed by atoms with Crippen molar-refractivity contribution in [3.05, 3.63) is 42.5 Å². The first-order chi connectivity index (χ1) is 10.3. The van der Waals surface area contributed by atoms with Crippen LogP contribution in [0.4, 0.5) is 11.6 Å². The van der Waals surface area contributed by atoms with E-state index in [2.05, 4.69) is 24.8 Å². The van der Waals surface area contributed by atoms with Crippen LogP contribution in [0.5, 0.6) is 0 Å². The van der Waals surface area contributed by atoms with Crippen molar-refractivity contribution < 1.29 is 0 Å². The van der Waals surface area contributed by atoms with Gasteiger partial charge in [0.1, 0.15) is 10.7 Å². The molecule has 2 aromatic rings. The average Bonchev–Trinajstić information content (AvgIpc) is 2.56. The number of piperazine rings is 1. The number of hydrogen-bond acceptors (Lipinski definition) is 6. The van der Waals surface area contributed by atoms with Crippen LogP contribution >= 0.6 is 12.2 Å². The highest BCUT2D eigenvalue weighted by atomic mass is 32.1. The van der Waals surface area contributed by atoms with E-state index in [0.717, 1.165) is 37.8 Å². The number of anilines is 2. The second kappa shape index (κ2) is 6.01. The maximum atomic E-state index is 5.75. The standard InChI is InChI=1S/C14H16N6S/c15-13(21)12-11(3-1-4-16-12)19-7-9-20(10-8-19)14-17-5-2-6-18-14/h1-6H,7-10H2,(H2,15,21). The first-order valence-electron chi connectivity index (χ1n) is 6.77. The molecule has 0 atom stereocenters. The van der Waals surface area contributed by atoms with Gasteiger partial charge in [-0.1, -0.05) is 12.2 Å². The molecule has 2 aromatic heterocycles. The van der Waals surface area contributed by atoms with Gasteiger partial charge in [-0.3, -0.25) is 4.98 Å². The van der Waals surface area contributed by atoms with E-state index in [-0.39, 0.29) is 0 Å². The summed E-state index contributed by atoms with van der Waals surface area (Å²) in [5, 5.41) is 0. The summed E-state index contributed by atoms with van der Waals surface area (Å²) >= 11 is 5.08. The molecular formula is C14H16N6S. The van der Waals surface area contributed by atoms with Crippen molar-refractivity contribution in [1.82, 2.24) is 15.0 Å². The van der Waals surface area contributed by atoms with Crippen LogP contribution < -0.4 is 15.5 Å². The number of nitrogens with zero attached hydrogens (tertiary/aromatic N) is 5. The SMILES string of the molecule is NC(=S)c1ncccc1N1CCN(c2ncccn2)CC1. The Morgan fingerprint density at radius 1 is 0.952 bits per heavy atom. The Hall–Kier alpha value is -2.28. The number of pyridine rings is 1. The molecule has 1 aliphatic heterocycles. The molecule has 0 aliphatic carbocycles. The normalized spacial score (nSPS) is 15.0. The van der Waals surface area contributed by atoms with Crippen LogP contribution in [0, 0.1) is 0 Å². The second-order valence-electron chi connectivity index (χ2n) is 4.76. The average molecular weight is 300 g/mol. The van der Waals surface area contributed by atoms with Crippen LogP contribution in [0.15, 0.2) is 36.8 Å². The number of hydrogen-bond donors (Lipinski definition) is 1. The molecule has 0 saturated carbocycles. The molecular weight excluding hydrogens is 284 g/mol. The first-order valence-corrected chi connectivity index (χ1v) is 7.18. The summed E-state index contributed by atoms with van der Waals surface area (Å²) in [5.41, 5.74) is 7.44. The minimum Gasteiger partial charge on any atom is -0.388 e. The van der Waals surface area contributed by atoms with Crippen molar-refractivity contribution in [3.8, 4) is 0 Å². The highest BCUT2D eigenvalue weighted by Gasteiger charge is 2.21. The number of rotatable bonds is 3. The summed E-state index contributed by atoms with van der Waals surface area (Å²) in [4.78, 5) is 17.6. The molecule has 3 heterocycles. The topological polar surface area (TPSA) is 71.2 Å². The molecule has 3 rings (SSSR count). The van der Waals surface area contributed by atoms with Gasteiger partial charge in [0.2, 0.25) is 5.95 Å². The molecule has 6 nitrogen and oxygen atoms in total. The summed E-state index contributed by atoms with van der Waals surface area (Å²) in [5.74, 6) is 0.776. The molecule has 0 amide bonds. The van der Waals surface area contributed by atoms with Gasteiger partial charge in [-0.15, -0.1) is 0 Å². The maximum absolute atomic E-state index is 5.75. The van der Waals surface area contributed by atoms with Crippen LogP contribution in [0.25, 0.3) is 0 Å². The smallest absolute Gasteiger partial charge is 0.225 e. The lowest BCUT2D eigenvalue weighted by atomic mass is 10.2. The van der Waals surface area contributed by atoms with Crippen molar-refractivity contribution in [2.45, 2.75) is 0 Å². The molecule has 2 N–H and O–H groups in total. The summed E-state index contributed by atoms with van der Waals surface area (Å²) in [6.45, 7) is 3.44. The van der Waals surface area contributed by atoms with E-state index in [0.29, 0.717) is 10.7 Å². The van der Waals surface area contributed by atoms with Gasteiger partial charge < -0.3 is 15.5 Å². The van der Waals surface area contributed by atoms with Gasteiger partial charge in [-0.05, 0) is 18.2 Å². The Morgan fingerprint density at radius 3 is 2.24 bits per heavy atom. The predicted octanol–water partition coefficient (Wildman–Crippen LogP) is 0.832. The van der Waals surface area contributed by atoms with Crippen molar-refractivity contribution in [2.24, 2.45) is 5.73 Å². The molecule has 1 saturated heterocycles. The van der Waals surface area contributed by atoms with Gasteiger partial charge in [0.05, 0.1) is 5.69 Å². The highest BCUT2D eigenvalue weighted by molar-refractivity contribution is 7.80. The van der Waals surface area contributed by atoms with E-state index < -0.39 is 0 Å². The fourth-order valence-corrected chi connectivity index (χ4v) is 2.60. The van der Waals surface area contributed by atoms with E-state index in [1.165, 1.54) is 0 Å². The number of aromatic nitrogens is 3. The van der Waals surface area contributed by atoms with Crippen molar-refractivity contribution in [1.29, 1.82) is 0 Å². The summed E-state index contributed by atoms with van der Waals surface area (Å²) in [6.07, 6.45) is 5.24. The van der Waals surface area contributed by atoms with Gasteiger partial charge in [0.25, 0.3) is 0 Å². The molecule has 0 bridgehead atoms. The molecule has 1 fully saturated rings. The van der Waals surface area contributed by atoms with Gasteiger partial charge in [-0.2, -0.15) is 0 Å². The lowest BCUT2D eigenvalue weighted by Crippen LogP contribution is -2.47. The van der Waals surface area contributed by atoms with E-state index in [9.17, 15) is 0 Å². The fraction of sp³-hybridized carbons (Fsp3) is 0.286. The van der Waals surface area contributed by atoms with Gasteiger partial charge in [0.15, 0.2) is 0 Å². The van der Waals surface area contributed by atoms with Crippen molar-refractivity contribution in [2.75, 3.05) is 36.0 Å². The zero-order valence-electron chi connectivity index (χ0n) is 11.5. The first kappa shape index (κ1) is 13.7. The summed E-state index contributed by atoms with van der Waals surface area (Å²) < 4.78 is 0. The number of thiocarbonyl (C=S) groups is 1. The molecule has 0 aromatic carbocycles. The van der Waals surface area contributed by atoms with E-state index in [1.54, 1.807) is 18.6 Å². The fourth-order valence-electron chi connectivity index (χ4n) is 2.44. The van der Waals surface area contributed by atoms with Crippen LogP contribution in [0.1, 0.15) is 5.69 Å². The second-order valence-corrected chi connectivity index (χ2v) is 5.20. The lowest BCUT2D eigenvalue weighted by Gasteiger charge is -2.36. The highest BCUT2D eigenvalue weighted by Crippen LogP contribution is 2.21. The molecule has 108 valence electrons. The third-order valence-corrected chi connectivity index (χ3v) is 3.67. The third-order valence-electron chi connectivity index (χ3n) is 3.48. The number of nitrogens with two attached hydrogens (primary N) is 1. The molecule has 7 heteroatoms. The van der Waals surface area contributed by atoms with Crippen LogP contribution in [-0.2, 0) is 0 Å². The molecule has 1 aliphatic rings. The Balaban J connectivity index is 1.73. The Kier molecular flexibility index (Phi) is 3.92. The Morgan fingerprint density at radius 2 is 1.57 bits per heavy atom. The van der Waals surface area contributed by atoms with Crippen molar-refractivity contribution >= 4 is 28.8 Å². The van der Waals surface area contributed by atoms with Gasteiger partial charge >= 0.3 is 0 Å². The molecule has 21 heavy (non-hydrogen) atoms. The largest absolute Gasteiger partial charge is 0.388 e. The van der Waals surface area contributed by atoms with Gasteiger partial charge in [0, 0.05) is 44.8 Å². The minimum absolute atomic E-state index is 0.333. The summed E-state index contributed by atoms with van der Waals surface area (Å²) in [6, 6.07) is 5.74. The van der Waals surface area contributed by atoms with E-state index in [1.807, 2.05) is 18.2 Å². The van der Waals surface area contributed by atoms with Crippen LogP contribution in [-0.4, -0.2) is 46.1 Å².